The summed E-state index contributed by atoms with van der Waals surface area (Å²) in [5.74, 6) is 0. The first-order chi connectivity index (χ1) is 6.34. The van der Waals surface area contributed by atoms with Gasteiger partial charge >= 0.3 is 0 Å². The molecule has 1 atom stereocenters. The lowest BCUT2D eigenvalue weighted by atomic mass is 9.81. The summed E-state index contributed by atoms with van der Waals surface area (Å²) in [5.41, 5.74) is 15.2. The SMILES string of the molecule is Cc1cccc(N)c1C(N)C(C)(C)C. The topological polar surface area (TPSA) is 52.0 Å². The van der Waals surface area contributed by atoms with Crippen LogP contribution in [0.2, 0.25) is 0 Å². The Morgan fingerprint density at radius 2 is 1.79 bits per heavy atom. The number of benzene rings is 1. The maximum Gasteiger partial charge on any atom is 0.0367 e. The molecule has 0 saturated carbocycles. The number of rotatable bonds is 1. The van der Waals surface area contributed by atoms with E-state index in [1.54, 1.807) is 0 Å². The molecule has 0 aliphatic rings. The van der Waals surface area contributed by atoms with E-state index in [1.807, 2.05) is 12.1 Å². The molecule has 2 nitrogen and oxygen atoms in total. The van der Waals surface area contributed by atoms with Gasteiger partial charge in [0.1, 0.15) is 0 Å². The molecule has 1 rings (SSSR count). The first-order valence-electron chi connectivity index (χ1n) is 4.94. The van der Waals surface area contributed by atoms with Crippen molar-refractivity contribution < 1.29 is 0 Å². The second kappa shape index (κ2) is 3.62. The molecule has 0 heterocycles. The van der Waals surface area contributed by atoms with Crippen LogP contribution < -0.4 is 11.5 Å². The molecular weight excluding hydrogens is 172 g/mol. The van der Waals surface area contributed by atoms with Gasteiger partial charge in [-0.1, -0.05) is 32.9 Å². The Hall–Kier alpha value is -1.02. The predicted molar refractivity (Wildman–Crippen MR) is 62.0 cm³/mol. The molecule has 0 aliphatic heterocycles. The van der Waals surface area contributed by atoms with Crippen LogP contribution in [0.15, 0.2) is 18.2 Å². The zero-order chi connectivity index (χ0) is 10.9. The van der Waals surface area contributed by atoms with Gasteiger partial charge in [0.25, 0.3) is 0 Å². The molecule has 0 amide bonds. The van der Waals surface area contributed by atoms with E-state index in [-0.39, 0.29) is 11.5 Å². The lowest BCUT2D eigenvalue weighted by Crippen LogP contribution is -2.27. The van der Waals surface area contributed by atoms with Gasteiger partial charge in [-0.3, -0.25) is 0 Å². The van der Waals surface area contributed by atoms with E-state index >= 15 is 0 Å². The van der Waals surface area contributed by atoms with Gasteiger partial charge in [0.05, 0.1) is 0 Å². The number of hydrogen-bond donors (Lipinski definition) is 2. The van der Waals surface area contributed by atoms with Crippen molar-refractivity contribution in [3.8, 4) is 0 Å². The Bertz CT molecular complexity index is 303. The molecule has 14 heavy (non-hydrogen) atoms. The Morgan fingerprint density at radius 3 is 2.21 bits per heavy atom. The summed E-state index contributed by atoms with van der Waals surface area (Å²) in [6.45, 7) is 8.44. The second-order valence-corrected chi connectivity index (χ2v) is 4.92. The highest BCUT2D eigenvalue weighted by Crippen LogP contribution is 2.35. The van der Waals surface area contributed by atoms with E-state index in [2.05, 4.69) is 33.8 Å². The van der Waals surface area contributed by atoms with Crippen LogP contribution in [-0.4, -0.2) is 0 Å². The molecule has 4 N–H and O–H groups in total. The summed E-state index contributed by atoms with van der Waals surface area (Å²) in [5, 5.41) is 0. The van der Waals surface area contributed by atoms with Crippen LogP contribution in [0.1, 0.15) is 37.9 Å². The van der Waals surface area contributed by atoms with Crippen LogP contribution in [0.5, 0.6) is 0 Å². The lowest BCUT2D eigenvalue weighted by molar-refractivity contribution is 0.327. The quantitative estimate of drug-likeness (QED) is 0.672. The van der Waals surface area contributed by atoms with Crippen LogP contribution in [-0.2, 0) is 0 Å². The van der Waals surface area contributed by atoms with Gasteiger partial charge < -0.3 is 11.5 Å². The van der Waals surface area contributed by atoms with Crippen molar-refractivity contribution >= 4 is 5.69 Å². The van der Waals surface area contributed by atoms with Gasteiger partial charge in [0.15, 0.2) is 0 Å². The van der Waals surface area contributed by atoms with E-state index in [9.17, 15) is 0 Å². The zero-order valence-electron chi connectivity index (χ0n) is 9.46. The Kier molecular flexibility index (Phi) is 2.86. The Morgan fingerprint density at radius 1 is 1.21 bits per heavy atom. The first-order valence-corrected chi connectivity index (χ1v) is 4.94. The normalized spacial score (nSPS) is 14.1. The number of nitrogens with two attached hydrogens (primary N) is 2. The minimum Gasteiger partial charge on any atom is -0.398 e. The molecule has 0 radical (unpaired) electrons. The molecular formula is C12H20N2. The first kappa shape index (κ1) is 11.1. The van der Waals surface area contributed by atoms with Crippen molar-refractivity contribution in [2.75, 3.05) is 5.73 Å². The van der Waals surface area contributed by atoms with Crippen LogP contribution >= 0.6 is 0 Å². The summed E-state index contributed by atoms with van der Waals surface area (Å²) in [6, 6.07) is 5.91. The van der Waals surface area contributed by atoms with Gasteiger partial charge in [0.2, 0.25) is 0 Å². The minimum atomic E-state index is -0.0105. The maximum atomic E-state index is 6.19. The monoisotopic (exact) mass is 192 g/mol. The Balaban J connectivity index is 3.19. The van der Waals surface area contributed by atoms with Crippen molar-refractivity contribution in [3.63, 3.8) is 0 Å². The fourth-order valence-corrected chi connectivity index (χ4v) is 1.56. The average molecular weight is 192 g/mol. The second-order valence-electron chi connectivity index (χ2n) is 4.92. The van der Waals surface area contributed by atoms with Gasteiger partial charge in [-0.05, 0) is 29.5 Å². The highest BCUT2D eigenvalue weighted by Gasteiger charge is 2.24. The van der Waals surface area contributed by atoms with Crippen molar-refractivity contribution in [1.82, 2.24) is 0 Å². The molecule has 0 bridgehead atoms. The molecule has 2 heteroatoms. The van der Waals surface area contributed by atoms with Gasteiger partial charge in [-0.2, -0.15) is 0 Å². The van der Waals surface area contributed by atoms with Crippen LogP contribution in [0.3, 0.4) is 0 Å². The van der Waals surface area contributed by atoms with E-state index in [1.165, 1.54) is 5.56 Å². The van der Waals surface area contributed by atoms with Crippen LogP contribution in [0, 0.1) is 12.3 Å². The summed E-state index contributed by atoms with van der Waals surface area (Å²) >= 11 is 0. The Labute approximate surface area is 86.3 Å². The summed E-state index contributed by atoms with van der Waals surface area (Å²) in [7, 11) is 0. The van der Waals surface area contributed by atoms with Crippen LogP contribution in [0.4, 0.5) is 5.69 Å². The molecule has 78 valence electrons. The molecule has 1 unspecified atom stereocenters. The van der Waals surface area contributed by atoms with Crippen molar-refractivity contribution in [1.29, 1.82) is 0 Å². The number of anilines is 1. The largest absolute Gasteiger partial charge is 0.398 e. The minimum absolute atomic E-state index is 0.0105. The van der Waals surface area contributed by atoms with Crippen molar-refractivity contribution in [2.24, 2.45) is 11.1 Å². The molecule has 0 spiro atoms. The van der Waals surface area contributed by atoms with E-state index < -0.39 is 0 Å². The number of hydrogen-bond acceptors (Lipinski definition) is 2. The summed E-state index contributed by atoms with van der Waals surface area (Å²) < 4.78 is 0. The molecule has 0 fully saturated rings. The number of aryl methyl sites for hydroxylation is 1. The highest BCUT2D eigenvalue weighted by molar-refractivity contribution is 5.52. The molecule has 0 aliphatic carbocycles. The van der Waals surface area contributed by atoms with Gasteiger partial charge in [-0.25, -0.2) is 0 Å². The summed E-state index contributed by atoms with van der Waals surface area (Å²) in [4.78, 5) is 0. The average Bonchev–Trinajstić information content (AvgIpc) is 2.01. The van der Waals surface area contributed by atoms with Gasteiger partial charge in [-0.15, -0.1) is 0 Å². The summed E-state index contributed by atoms with van der Waals surface area (Å²) in [6.07, 6.45) is 0. The fourth-order valence-electron chi connectivity index (χ4n) is 1.56. The third kappa shape index (κ3) is 2.07. The van der Waals surface area contributed by atoms with Crippen LogP contribution in [0.25, 0.3) is 0 Å². The third-order valence-corrected chi connectivity index (χ3v) is 2.60. The molecule has 1 aromatic rings. The predicted octanol–water partition coefficient (Wildman–Crippen LogP) is 2.62. The van der Waals surface area contributed by atoms with E-state index in [0.29, 0.717) is 0 Å². The molecule has 1 aromatic carbocycles. The zero-order valence-corrected chi connectivity index (χ0v) is 9.46. The number of nitrogen functional groups attached to an aromatic ring is 1. The van der Waals surface area contributed by atoms with E-state index in [4.69, 9.17) is 11.5 Å². The molecule has 0 aromatic heterocycles. The molecule has 0 saturated heterocycles. The maximum absolute atomic E-state index is 6.19. The van der Waals surface area contributed by atoms with Gasteiger partial charge in [0, 0.05) is 11.7 Å². The van der Waals surface area contributed by atoms with Crippen molar-refractivity contribution in [3.05, 3.63) is 29.3 Å². The fraction of sp³-hybridized carbons (Fsp3) is 0.500. The van der Waals surface area contributed by atoms with E-state index in [0.717, 1.165) is 11.3 Å². The third-order valence-electron chi connectivity index (χ3n) is 2.60. The smallest absolute Gasteiger partial charge is 0.0367 e. The highest BCUT2D eigenvalue weighted by atomic mass is 14.7. The van der Waals surface area contributed by atoms with Crippen molar-refractivity contribution in [2.45, 2.75) is 33.7 Å². The standard InChI is InChI=1S/C12H20N2/c1-8-6-5-7-9(13)10(8)11(14)12(2,3)4/h5-7,11H,13-14H2,1-4H3. The lowest BCUT2D eigenvalue weighted by Gasteiger charge is -2.29.